The van der Waals surface area contributed by atoms with Gasteiger partial charge in [-0.1, -0.05) is 11.3 Å². The van der Waals surface area contributed by atoms with Gasteiger partial charge < -0.3 is 4.74 Å². The molecule has 1 aromatic carbocycles. The first kappa shape index (κ1) is 13.8. The van der Waals surface area contributed by atoms with Crippen LogP contribution in [0.2, 0.25) is 0 Å². The van der Waals surface area contributed by atoms with E-state index in [0.717, 1.165) is 18.5 Å². The molecule has 6 heteroatoms. The summed E-state index contributed by atoms with van der Waals surface area (Å²) in [5.41, 5.74) is 1.42. The molecule has 0 aliphatic carbocycles. The molecule has 0 aliphatic heterocycles. The predicted octanol–water partition coefficient (Wildman–Crippen LogP) is 2.65. The smallest absolute Gasteiger partial charge is 0.131 e. The summed E-state index contributed by atoms with van der Waals surface area (Å²) in [6, 6.07) is 4.78. The van der Waals surface area contributed by atoms with Gasteiger partial charge in [0.25, 0.3) is 0 Å². The van der Waals surface area contributed by atoms with E-state index in [0.29, 0.717) is 23.7 Å². The monoisotopic (exact) mass is 283 g/mol. The molecule has 4 nitrogen and oxygen atoms in total. The fraction of sp³-hybridized carbons (Fsp3) is 0.385. The molecule has 2 aromatic rings. The van der Waals surface area contributed by atoms with Crippen LogP contribution >= 0.6 is 11.6 Å². The molecule has 0 unspecified atom stereocenters. The maximum atomic E-state index is 13.8. The summed E-state index contributed by atoms with van der Waals surface area (Å²) in [6.45, 7) is 0.351. The number of alkyl halides is 1. The van der Waals surface area contributed by atoms with Gasteiger partial charge in [0, 0.05) is 23.7 Å². The topological polar surface area (TPSA) is 39.9 Å². The van der Waals surface area contributed by atoms with Crippen molar-refractivity contribution in [1.82, 2.24) is 15.0 Å². The summed E-state index contributed by atoms with van der Waals surface area (Å²) in [5, 5.41) is 7.99. The van der Waals surface area contributed by atoms with Gasteiger partial charge in [0.15, 0.2) is 0 Å². The molecule has 1 heterocycles. The minimum Gasteiger partial charge on any atom is -0.497 e. The van der Waals surface area contributed by atoms with Crippen LogP contribution in [-0.2, 0) is 13.0 Å². The van der Waals surface area contributed by atoms with Crippen molar-refractivity contribution in [2.75, 3.05) is 13.0 Å². The Morgan fingerprint density at radius 3 is 2.95 bits per heavy atom. The first-order valence-electron chi connectivity index (χ1n) is 6.00. The summed E-state index contributed by atoms with van der Waals surface area (Å²) in [4.78, 5) is 0. The number of rotatable bonds is 6. The van der Waals surface area contributed by atoms with Crippen LogP contribution in [0.25, 0.3) is 0 Å². The van der Waals surface area contributed by atoms with Crippen molar-refractivity contribution in [3.63, 3.8) is 0 Å². The lowest BCUT2D eigenvalue weighted by atomic mass is 10.2. The van der Waals surface area contributed by atoms with E-state index < -0.39 is 0 Å². The van der Waals surface area contributed by atoms with Crippen molar-refractivity contribution in [3.05, 3.63) is 41.5 Å². The third-order valence-corrected chi connectivity index (χ3v) is 3.01. The molecular weight excluding hydrogens is 269 g/mol. The fourth-order valence-corrected chi connectivity index (χ4v) is 1.87. The Morgan fingerprint density at radius 2 is 2.26 bits per heavy atom. The van der Waals surface area contributed by atoms with E-state index in [1.165, 1.54) is 13.2 Å². The average molecular weight is 284 g/mol. The summed E-state index contributed by atoms with van der Waals surface area (Å²) in [6.07, 6.45) is 3.46. The number of benzene rings is 1. The van der Waals surface area contributed by atoms with E-state index in [1.54, 1.807) is 16.8 Å². The molecule has 0 N–H and O–H groups in total. The van der Waals surface area contributed by atoms with Gasteiger partial charge in [-0.25, -0.2) is 9.07 Å². The second-order valence-electron chi connectivity index (χ2n) is 4.16. The van der Waals surface area contributed by atoms with Gasteiger partial charge in [-0.2, -0.15) is 0 Å². The van der Waals surface area contributed by atoms with Gasteiger partial charge >= 0.3 is 0 Å². The van der Waals surface area contributed by atoms with Crippen LogP contribution in [0.5, 0.6) is 5.75 Å². The highest BCUT2D eigenvalue weighted by atomic mass is 35.5. The number of hydrogen-bond acceptors (Lipinski definition) is 3. The highest BCUT2D eigenvalue weighted by Crippen LogP contribution is 2.17. The lowest BCUT2D eigenvalue weighted by Gasteiger charge is -2.05. The van der Waals surface area contributed by atoms with Crippen molar-refractivity contribution >= 4 is 11.6 Å². The number of halogens is 2. The Kier molecular flexibility index (Phi) is 4.74. The van der Waals surface area contributed by atoms with Gasteiger partial charge in [0.05, 0.1) is 19.3 Å². The first-order chi connectivity index (χ1) is 9.22. The molecule has 0 saturated carbocycles. The predicted molar refractivity (Wildman–Crippen MR) is 71.1 cm³/mol. The fourth-order valence-electron chi connectivity index (χ4n) is 1.74. The second-order valence-corrected chi connectivity index (χ2v) is 4.54. The lowest BCUT2D eigenvalue weighted by Crippen LogP contribution is -2.03. The van der Waals surface area contributed by atoms with E-state index in [2.05, 4.69) is 10.3 Å². The van der Waals surface area contributed by atoms with Gasteiger partial charge in [-0.3, -0.25) is 0 Å². The normalized spacial score (nSPS) is 10.7. The zero-order valence-corrected chi connectivity index (χ0v) is 11.4. The molecular formula is C13H15ClFN3O. The minimum atomic E-state index is -0.308. The number of aryl methyl sites for hydroxylation is 1. The summed E-state index contributed by atoms with van der Waals surface area (Å²) >= 11 is 5.62. The summed E-state index contributed by atoms with van der Waals surface area (Å²) in [5.74, 6) is 0.791. The molecule has 0 radical (unpaired) electrons. The summed E-state index contributed by atoms with van der Waals surface area (Å²) in [7, 11) is 1.51. The Labute approximate surface area is 116 Å². The molecule has 0 aliphatic rings. The molecule has 2 rings (SSSR count). The van der Waals surface area contributed by atoms with Crippen LogP contribution in [0.3, 0.4) is 0 Å². The van der Waals surface area contributed by atoms with Crippen molar-refractivity contribution in [2.24, 2.45) is 0 Å². The zero-order chi connectivity index (χ0) is 13.7. The SMILES string of the molecule is COc1ccc(Cn2cc(CCCCl)nn2)c(F)c1. The standard InChI is InChI=1S/C13H15ClFN3O/c1-19-12-5-4-10(13(15)7-12)8-18-9-11(16-17-18)3-2-6-14/h4-5,7,9H,2-3,6,8H2,1H3. The molecule has 0 spiro atoms. The number of hydrogen-bond donors (Lipinski definition) is 0. The third-order valence-electron chi connectivity index (χ3n) is 2.75. The largest absolute Gasteiger partial charge is 0.497 e. The third kappa shape index (κ3) is 3.67. The Hall–Kier alpha value is -1.62. The zero-order valence-electron chi connectivity index (χ0n) is 10.6. The number of methoxy groups -OCH3 is 1. The van der Waals surface area contributed by atoms with Crippen LogP contribution in [0, 0.1) is 5.82 Å². The Bertz CT molecular complexity index is 544. The van der Waals surface area contributed by atoms with Gasteiger partial charge in [-0.15, -0.1) is 16.7 Å². The van der Waals surface area contributed by atoms with Crippen molar-refractivity contribution in [3.8, 4) is 5.75 Å². The van der Waals surface area contributed by atoms with E-state index >= 15 is 0 Å². The highest BCUT2D eigenvalue weighted by molar-refractivity contribution is 6.17. The molecule has 0 saturated heterocycles. The second kappa shape index (κ2) is 6.52. The number of aromatic nitrogens is 3. The summed E-state index contributed by atoms with van der Waals surface area (Å²) < 4.78 is 20.4. The van der Waals surface area contributed by atoms with Crippen molar-refractivity contribution in [2.45, 2.75) is 19.4 Å². The first-order valence-corrected chi connectivity index (χ1v) is 6.53. The molecule has 102 valence electrons. The average Bonchev–Trinajstić information content (AvgIpc) is 2.86. The molecule has 0 amide bonds. The number of nitrogens with zero attached hydrogens (tertiary/aromatic N) is 3. The van der Waals surface area contributed by atoms with E-state index in [4.69, 9.17) is 16.3 Å². The highest BCUT2D eigenvalue weighted by Gasteiger charge is 2.07. The molecule has 0 atom stereocenters. The molecule has 19 heavy (non-hydrogen) atoms. The van der Waals surface area contributed by atoms with E-state index in [1.807, 2.05) is 6.20 Å². The van der Waals surface area contributed by atoms with Gasteiger partial charge in [0.2, 0.25) is 0 Å². The van der Waals surface area contributed by atoms with E-state index in [-0.39, 0.29) is 5.82 Å². The van der Waals surface area contributed by atoms with Gasteiger partial charge in [0.1, 0.15) is 11.6 Å². The van der Waals surface area contributed by atoms with Crippen molar-refractivity contribution in [1.29, 1.82) is 0 Å². The van der Waals surface area contributed by atoms with Crippen LogP contribution in [0.1, 0.15) is 17.7 Å². The maximum Gasteiger partial charge on any atom is 0.131 e. The molecule has 0 bridgehead atoms. The minimum absolute atomic E-state index is 0.308. The number of ether oxygens (including phenoxy) is 1. The van der Waals surface area contributed by atoms with Crippen LogP contribution in [0.4, 0.5) is 4.39 Å². The van der Waals surface area contributed by atoms with Crippen LogP contribution < -0.4 is 4.74 Å². The van der Waals surface area contributed by atoms with E-state index in [9.17, 15) is 4.39 Å². The van der Waals surface area contributed by atoms with Crippen molar-refractivity contribution < 1.29 is 9.13 Å². The Balaban J connectivity index is 2.06. The lowest BCUT2D eigenvalue weighted by molar-refractivity contribution is 0.410. The maximum absolute atomic E-state index is 13.8. The quantitative estimate of drug-likeness (QED) is 0.765. The Morgan fingerprint density at radius 1 is 1.42 bits per heavy atom. The molecule has 1 aromatic heterocycles. The molecule has 0 fully saturated rings. The van der Waals surface area contributed by atoms with Crippen LogP contribution in [0.15, 0.2) is 24.4 Å². The van der Waals surface area contributed by atoms with Crippen LogP contribution in [-0.4, -0.2) is 28.0 Å². The van der Waals surface area contributed by atoms with Gasteiger partial charge in [-0.05, 0) is 18.9 Å².